The van der Waals surface area contributed by atoms with Crippen LogP contribution in [0, 0.1) is 11.3 Å². The molecule has 78 valence electrons. The number of allylic oxidation sites excluding steroid dienone is 1. The Morgan fingerprint density at radius 2 is 2.00 bits per heavy atom. The van der Waals surface area contributed by atoms with Crippen LogP contribution in [0.25, 0.3) is 0 Å². The fourth-order valence-electron chi connectivity index (χ4n) is 1.63. The largest absolute Gasteiger partial charge is 0.481 e. The van der Waals surface area contributed by atoms with Crippen molar-refractivity contribution in [3.63, 3.8) is 0 Å². The van der Waals surface area contributed by atoms with E-state index in [9.17, 15) is 9.59 Å². The maximum absolute atomic E-state index is 10.9. The highest BCUT2D eigenvalue weighted by atomic mass is 16.4. The molecule has 4 nitrogen and oxygen atoms in total. The van der Waals surface area contributed by atoms with Crippen molar-refractivity contribution < 1.29 is 19.8 Å². The molecule has 0 fully saturated rings. The predicted octanol–water partition coefficient (Wildman–Crippen LogP) is 1.52. The molecule has 1 rings (SSSR count). The van der Waals surface area contributed by atoms with Crippen LogP contribution in [0.1, 0.15) is 26.7 Å². The van der Waals surface area contributed by atoms with Crippen molar-refractivity contribution in [3.05, 3.63) is 11.6 Å². The minimum Gasteiger partial charge on any atom is -0.481 e. The van der Waals surface area contributed by atoms with Gasteiger partial charge in [0.15, 0.2) is 0 Å². The zero-order valence-electron chi connectivity index (χ0n) is 8.28. The SMILES string of the molecule is CC(C)(C(=O)O)[C@H]1C=C(C(=O)O)CC1. The van der Waals surface area contributed by atoms with Crippen molar-refractivity contribution >= 4 is 11.9 Å². The third-order valence-electron chi connectivity index (χ3n) is 2.88. The van der Waals surface area contributed by atoms with Crippen LogP contribution in [0.4, 0.5) is 0 Å². The van der Waals surface area contributed by atoms with Gasteiger partial charge in [0.25, 0.3) is 0 Å². The number of carboxylic acid groups (broad SMARTS) is 2. The van der Waals surface area contributed by atoms with Crippen LogP contribution < -0.4 is 0 Å². The van der Waals surface area contributed by atoms with Gasteiger partial charge in [-0.1, -0.05) is 6.08 Å². The molecule has 0 amide bonds. The van der Waals surface area contributed by atoms with Gasteiger partial charge < -0.3 is 10.2 Å². The Morgan fingerprint density at radius 3 is 2.36 bits per heavy atom. The number of hydrogen-bond acceptors (Lipinski definition) is 2. The molecule has 0 heterocycles. The fraction of sp³-hybridized carbons (Fsp3) is 0.600. The number of carboxylic acids is 2. The minimum atomic E-state index is -0.936. The first kappa shape index (κ1) is 10.8. The topological polar surface area (TPSA) is 74.6 Å². The molecule has 0 aromatic carbocycles. The average Bonchev–Trinajstić information content (AvgIpc) is 2.51. The summed E-state index contributed by atoms with van der Waals surface area (Å²) in [5, 5.41) is 17.7. The van der Waals surface area contributed by atoms with Gasteiger partial charge in [-0.3, -0.25) is 4.79 Å². The number of carbonyl (C=O) groups is 2. The zero-order chi connectivity index (χ0) is 10.9. The minimum absolute atomic E-state index is 0.175. The summed E-state index contributed by atoms with van der Waals surface area (Å²) in [7, 11) is 0. The Hall–Kier alpha value is -1.32. The van der Waals surface area contributed by atoms with E-state index in [0.717, 1.165) is 0 Å². The van der Waals surface area contributed by atoms with Gasteiger partial charge in [-0.05, 0) is 32.6 Å². The first-order valence-electron chi connectivity index (χ1n) is 4.53. The van der Waals surface area contributed by atoms with E-state index in [0.29, 0.717) is 18.4 Å². The van der Waals surface area contributed by atoms with E-state index in [1.807, 2.05) is 0 Å². The van der Waals surface area contributed by atoms with Crippen molar-refractivity contribution in [1.82, 2.24) is 0 Å². The fourth-order valence-corrected chi connectivity index (χ4v) is 1.63. The molecule has 0 unspecified atom stereocenters. The monoisotopic (exact) mass is 198 g/mol. The molecule has 1 aliphatic rings. The second kappa shape index (κ2) is 3.44. The molecule has 1 atom stereocenters. The van der Waals surface area contributed by atoms with E-state index in [2.05, 4.69) is 0 Å². The standard InChI is InChI=1S/C10H14O4/c1-10(2,9(13)14)7-4-3-6(5-7)8(11)12/h5,7H,3-4H2,1-2H3,(H,11,12)(H,13,14)/t7-/m1/s1. The second-order valence-electron chi connectivity index (χ2n) is 4.17. The number of rotatable bonds is 3. The Morgan fingerprint density at radius 1 is 1.43 bits per heavy atom. The molecule has 14 heavy (non-hydrogen) atoms. The van der Waals surface area contributed by atoms with E-state index in [4.69, 9.17) is 10.2 Å². The summed E-state index contributed by atoms with van der Waals surface area (Å²) < 4.78 is 0. The molecule has 0 aromatic heterocycles. The molecular formula is C10H14O4. The second-order valence-corrected chi connectivity index (χ2v) is 4.17. The summed E-state index contributed by atoms with van der Waals surface area (Å²) in [6.45, 7) is 3.25. The first-order chi connectivity index (χ1) is 6.35. The van der Waals surface area contributed by atoms with Crippen molar-refractivity contribution in [2.24, 2.45) is 11.3 Å². The van der Waals surface area contributed by atoms with Gasteiger partial charge in [0.1, 0.15) is 0 Å². The van der Waals surface area contributed by atoms with E-state index < -0.39 is 17.4 Å². The van der Waals surface area contributed by atoms with Crippen molar-refractivity contribution in [3.8, 4) is 0 Å². The van der Waals surface area contributed by atoms with Gasteiger partial charge in [0.05, 0.1) is 5.41 Å². The van der Waals surface area contributed by atoms with Gasteiger partial charge >= 0.3 is 11.9 Å². The first-order valence-corrected chi connectivity index (χ1v) is 4.53. The molecule has 1 aliphatic carbocycles. The Kier molecular flexibility index (Phi) is 2.64. The third-order valence-corrected chi connectivity index (χ3v) is 2.88. The Bertz CT molecular complexity index is 301. The smallest absolute Gasteiger partial charge is 0.331 e. The summed E-state index contributed by atoms with van der Waals surface area (Å²) in [5.41, 5.74) is -0.540. The summed E-state index contributed by atoms with van der Waals surface area (Å²) in [6, 6.07) is 0. The Balaban J connectivity index is 2.84. The van der Waals surface area contributed by atoms with E-state index in [1.165, 1.54) is 0 Å². The molecule has 0 saturated carbocycles. The van der Waals surface area contributed by atoms with Gasteiger partial charge in [0.2, 0.25) is 0 Å². The highest BCUT2D eigenvalue weighted by Gasteiger charge is 2.38. The van der Waals surface area contributed by atoms with Crippen molar-refractivity contribution in [2.45, 2.75) is 26.7 Å². The molecule has 0 spiro atoms. The van der Waals surface area contributed by atoms with Crippen LogP contribution in [-0.2, 0) is 9.59 Å². The van der Waals surface area contributed by atoms with Crippen LogP contribution >= 0.6 is 0 Å². The Labute approximate surface area is 82.2 Å². The lowest BCUT2D eigenvalue weighted by Gasteiger charge is -2.25. The van der Waals surface area contributed by atoms with Gasteiger partial charge in [0, 0.05) is 5.57 Å². The van der Waals surface area contributed by atoms with Gasteiger partial charge in [-0.15, -0.1) is 0 Å². The lowest BCUT2D eigenvalue weighted by Crippen LogP contribution is -2.30. The summed E-state index contributed by atoms with van der Waals surface area (Å²) in [4.78, 5) is 21.5. The molecular weight excluding hydrogens is 184 g/mol. The maximum Gasteiger partial charge on any atom is 0.331 e. The van der Waals surface area contributed by atoms with Crippen LogP contribution in [-0.4, -0.2) is 22.2 Å². The number of hydrogen-bond donors (Lipinski definition) is 2. The van der Waals surface area contributed by atoms with Crippen LogP contribution in [0.5, 0.6) is 0 Å². The molecule has 0 bridgehead atoms. The summed E-state index contributed by atoms with van der Waals surface area (Å²) >= 11 is 0. The number of aliphatic carboxylic acids is 2. The highest BCUT2D eigenvalue weighted by Crippen LogP contribution is 2.38. The zero-order valence-corrected chi connectivity index (χ0v) is 8.28. The van der Waals surface area contributed by atoms with Crippen LogP contribution in [0.15, 0.2) is 11.6 Å². The highest BCUT2D eigenvalue weighted by molar-refractivity contribution is 5.87. The summed E-state index contributed by atoms with van der Waals surface area (Å²) in [6.07, 6.45) is 2.66. The third kappa shape index (κ3) is 1.78. The predicted molar refractivity (Wildman–Crippen MR) is 49.9 cm³/mol. The molecule has 0 saturated heterocycles. The van der Waals surface area contributed by atoms with Crippen LogP contribution in [0.2, 0.25) is 0 Å². The van der Waals surface area contributed by atoms with E-state index in [1.54, 1.807) is 19.9 Å². The van der Waals surface area contributed by atoms with E-state index >= 15 is 0 Å². The lowest BCUT2D eigenvalue weighted by atomic mass is 9.79. The summed E-state index contributed by atoms with van der Waals surface area (Å²) in [5.74, 6) is -2.00. The molecule has 0 radical (unpaired) electrons. The van der Waals surface area contributed by atoms with E-state index in [-0.39, 0.29) is 5.92 Å². The average molecular weight is 198 g/mol. The van der Waals surface area contributed by atoms with Crippen molar-refractivity contribution in [1.29, 1.82) is 0 Å². The lowest BCUT2D eigenvalue weighted by molar-refractivity contribution is -0.149. The maximum atomic E-state index is 10.9. The van der Waals surface area contributed by atoms with Gasteiger partial charge in [-0.2, -0.15) is 0 Å². The molecule has 2 N–H and O–H groups in total. The molecule has 0 aliphatic heterocycles. The quantitative estimate of drug-likeness (QED) is 0.720. The van der Waals surface area contributed by atoms with Crippen molar-refractivity contribution in [2.75, 3.05) is 0 Å². The van der Waals surface area contributed by atoms with Gasteiger partial charge in [-0.25, -0.2) is 4.79 Å². The van der Waals surface area contributed by atoms with Crippen LogP contribution in [0.3, 0.4) is 0 Å². The normalized spacial score (nSPS) is 21.9. The molecule has 4 heteroatoms. The molecule has 0 aromatic rings.